The maximum absolute atomic E-state index is 12.0. The summed E-state index contributed by atoms with van der Waals surface area (Å²) in [5, 5.41) is 23.7. The van der Waals surface area contributed by atoms with Crippen LogP contribution in [0, 0.1) is 11.3 Å². The quantitative estimate of drug-likeness (QED) is 0.553. The lowest BCUT2D eigenvalue weighted by atomic mass is 10.1. The number of hydrogen-bond donors (Lipinski definition) is 3. The fourth-order valence-electron chi connectivity index (χ4n) is 2.39. The Kier molecular flexibility index (Phi) is 6.26. The molecule has 1 amide bonds. The maximum atomic E-state index is 12.0. The number of nitrogens with zero attached hydrogens (tertiary/aromatic N) is 3. The summed E-state index contributed by atoms with van der Waals surface area (Å²) in [5.74, 6) is -0.303. The molecule has 0 aliphatic heterocycles. The molecular formula is C19H16N6OS2. The van der Waals surface area contributed by atoms with E-state index in [-0.39, 0.29) is 17.6 Å². The molecule has 1 atom stereocenters. The summed E-state index contributed by atoms with van der Waals surface area (Å²) in [6.07, 6.45) is 0. The van der Waals surface area contributed by atoms with Gasteiger partial charge in [-0.3, -0.25) is 4.79 Å². The van der Waals surface area contributed by atoms with Gasteiger partial charge in [-0.2, -0.15) is 5.26 Å². The first-order valence-electron chi connectivity index (χ1n) is 8.31. The molecule has 0 aliphatic rings. The minimum absolute atomic E-state index is 0.0157. The van der Waals surface area contributed by atoms with E-state index in [9.17, 15) is 4.79 Å². The molecule has 3 N–H and O–H groups in total. The van der Waals surface area contributed by atoms with Crippen LogP contribution in [0.5, 0.6) is 0 Å². The van der Waals surface area contributed by atoms with E-state index >= 15 is 0 Å². The number of carbonyl (C=O) groups is 1. The summed E-state index contributed by atoms with van der Waals surface area (Å²) in [7, 11) is 0. The van der Waals surface area contributed by atoms with Crippen LogP contribution in [0.25, 0.3) is 0 Å². The Labute approximate surface area is 171 Å². The van der Waals surface area contributed by atoms with Gasteiger partial charge in [-0.05, 0) is 72.6 Å². The second-order valence-electron chi connectivity index (χ2n) is 5.88. The Morgan fingerprint density at radius 3 is 2.32 bits per heavy atom. The highest BCUT2D eigenvalue weighted by atomic mass is 32.1. The van der Waals surface area contributed by atoms with Crippen molar-refractivity contribution >= 4 is 46.1 Å². The van der Waals surface area contributed by atoms with Crippen LogP contribution in [0.1, 0.15) is 34.6 Å². The Morgan fingerprint density at radius 2 is 1.75 bits per heavy atom. The van der Waals surface area contributed by atoms with E-state index in [0.29, 0.717) is 16.4 Å². The molecule has 3 aromatic rings. The molecule has 0 saturated carbocycles. The maximum Gasteiger partial charge on any atom is 0.277 e. The first-order valence-corrected chi connectivity index (χ1v) is 9.55. The largest absolute Gasteiger partial charge is 0.356 e. The number of benzene rings is 2. The van der Waals surface area contributed by atoms with Crippen molar-refractivity contribution in [2.24, 2.45) is 0 Å². The van der Waals surface area contributed by atoms with Gasteiger partial charge in [0, 0.05) is 16.8 Å². The summed E-state index contributed by atoms with van der Waals surface area (Å²) < 4.78 is 3.67. The van der Waals surface area contributed by atoms with Crippen LogP contribution in [0.3, 0.4) is 0 Å². The monoisotopic (exact) mass is 408 g/mol. The molecule has 0 spiro atoms. The third-order valence-corrected chi connectivity index (χ3v) is 4.61. The fourth-order valence-corrected chi connectivity index (χ4v) is 3.12. The highest BCUT2D eigenvalue weighted by Gasteiger charge is 2.10. The number of rotatable bonds is 5. The summed E-state index contributed by atoms with van der Waals surface area (Å²) >= 11 is 6.48. The van der Waals surface area contributed by atoms with Crippen molar-refractivity contribution < 1.29 is 4.79 Å². The van der Waals surface area contributed by atoms with Gasteiger partial charge in [0.05, 0.1) is 17.7 Å². The predicted octanol–water partition coefficient (Wildman–Crippen LogP) is 3.71. The van der Waals surface area contributed by atoms with Gasteiger partial charge in [0.2, 0.25) is 0 Å². The third-order valence-electron chi connectivity index (χ3n) is 3.88. The molecule has 0 bridgehead atoms. The van der Waals surface area contributed by atoms with Crippen LogP contribution in [-0.4, -0.2) is 20.6 Å². The second kappa shape index (κ2) is 9.03. The zero-order chi connectivity index (χ0) is 19.9. The van der Waals surface area contributed by atoms with E-state index in [4.69, 9.17) is 17.5 Å². The molecule has 9 heteroatoms. The summed E-state index contributed by atoms with van der Waals surface area (Å²) in [6.45, 7) is 1.99. The van der Waals surface area contributed by atoms with Crippen LogP contribution >= 0.6 is 23.8 Å². The molecule has 7 nitrogen and oxygen atoms in total. The molecule has 0 aliphatic carbocycles. The van der Waals surface area contributed by atoms with E-state index in [1.54, 1.807) is 29.6 Å². The molecular weight excluding hydrogens is 392 g/mol. The number of nitriles is 1. The van der Waals surface area contributed by atoms with Gasteiger partial charge in [0.1, 0.15) is 0 Å². The lowest BCUT2D eigenvalue weighted by molar-refractivity contribution is 0.102. The highest BCUT2D eigenvalue weighted by Crippen LogP contribution is 2.16. The van der Waals surface area contributed by atoms with Gasteiger partial charge in [-0.1, -0.05) is 16.6 Å². The summed E-state index contributed by atoms with van der Waals surface area (Å²) in [4.78, 5) is 12.0. The number of nitrogens with one attached hydrogen (secondary N) is 3. The van der Waals surface area contributed by atoms with E-state index in [1.807, 2.05) is 31.2 Å². The van der Waals surface area contributed by atoms with Crippen molar-refractivity contribution in [1.82, 2.24) is 14.9 Å². The molecule has 2 aromatic carbocycles. The molecule has 140 valence electrons. The number of anilines is 2. The van der Waals surface area contributed by atoms with Gasteiger partial charge < -0.3 is 16.0 Å². The van der Waals surface area contributed by atoms with Crippen molar-refractivity contribution in [3.05, 3.63) is 70.7 Å². The van der Waals surface area contributed by atoms with Crippen molar-refractivity contribution in [3.63, 3.8) is 0 Å². The Morgan fingerprint density at radius 1 is 1.11 bits per heavy atom. The molecule has 1 unspecified atom stereocenters. The molecule has 0 saturated heterocycles. The van der Waals surface area contributed by atoms with Crippen LogP contribution in [-0.2, 0) is 0 Å². The predicted molar refractivity (Wildman–Crippen MR) is 113 cm³/mol. The lowest BCUT2D eigenvalue weighted by Gasteiger charge is -2.17. The second-order valence-corrected chi connectivity index (χ2v) is 6.89. The molecule has 1 aromatic heterocycles. The van der Waals surface area contributed by atoms with Gasteiger partial charge >= 0.3 is 0 Å². The molecule has 1 heterocycles. The zero-order valence-electron chi connectivity index (χ0n) is 14.8. The number of aromatic nitrogens is 2. The standard InChI is InChI=1S/C19H16N6OS2/c1-12(14-4-2-13(10-20)3-5-14)21-19(27)23-16-8-6-15(7-9-16)22-18(26)17-11-28-25-24-17/h2-9,11-12H,1H3,(H,22,26)(H2,21,23,27). The minimum atomic E-state index is -0.303. The Bertz CT molecular complexity index is 994. The lowest BCUT2D eigenvalue weighted by Crippen LogP contribution is -2.30. The van der Waals surface area contributed by atoms with Crippen LogP contribution in [0.2, 0.25) is 0 Å². The van der Waals surface area contributed by atoms with Crippen LogP contribution in [0.4, 0.5) is 11.4 Å². The molecule has 0 radical (unpaired) electrons. The Balaban J connectivity index is 1.53. The van der Waals surface area contributed by atoms with E-state index in [1.165, 1.54) is 0 Å². The number of hydrogen-bond acceptors (Lipinski definition) is 6. The van der Waals surface area contributed by atoms with Crippen LogP contribution in [0.15, 0.2) is 53.9 Å². The van der Waals surface area contributed by atoms with Crippen molar-refractivity contribution in [2.45, 2.75) is 13.0 Å². The van der Waals surface area contributed by atoms with Gasteiger partial charge in [-0.15, -0.1) is 5.10 Å². The molecule has 0 fully saturated rings. The van der Waals surface area contributed by atoms with Crippen molar-refractivity contribution in [2.75, 3.05) is 10.6 Å². The van der Waals surface area contributed by atoms with Gasteiger partial charge in [0.25, 0.3) is 5.91 Å². The first kappa shape index (κ1) is 19.4. The molecule has 28 heavy (non-hydrogen) atoms. The number of thiocarbonyl (C=S) groups is 1. The highest BCUT2D eigenvalue weighted by molar-refractivity contribution is 7.80. The zero-order valence-corrected chi connectivity index (χ0v) is 16.5. The van der Waals surface area contributed by atoms with E-state index in [2.05, 4.69) is 31.6 Å². The Hall–Kier alpha value is -3.35. The average Bonchev–Trinajstić information content (AvgIpc) is 3.24. The minimum Gasteiger partial charge on any atom is -0.356 e. The van der Waals surface area contributed by atoms with Crippen molar-refractivity contribution in [3.8, 4) is 6.07 Å². The summed E-state index contributed by atoms with van der Waals surface area (Å²) in [6, 6.07) is 16.6. The van der Waals surface area contributed by atoms with Crippen molar-refractivity contribution in [1.29, 1.82) is 5.26 Å². The third kappa shape index (κ3) is 5.09. The average molecular weight is 409 g/mol. The normalized spacial score (nSPS) is 11.1. The van der Waals surface area contributed by atoms with Gasteiger partial charge in [-0.25, -0.2) is 0 Å². The van der Waals surface area contributed by atoms with E-state index < -0.39 is 0 Å². The van der Waals surface area contributed by atoms with Crippen LogP contribution < -0.4 is 16.0 Å². The van der Waals surface area contributed by atoms with E-state index in [0.717, 1.165) is 22.8 Å². The number of amides is 1. The molecule has 3 rings (SSSR count). The fraction of sp³-hybridized carbons (Fsp3) is 0.105. The number of carbonyl (C=O) groups excluding carboxylic acids is 1. The van der Waals surface area contributed by atoms with Gasteiger partial charge in [0.15, 0.2) is 10.8 Å². The SMILES string of the molecule is CC(NC(=S)Nc1ccc(NC(=O)c2csnn2)cc1)c1ccc(C#N)cc1. The first-order chi connectivity index (χ1) is 13.5. The topological polar surface area (TPSA) is 103 Å². The smallest absolute Gasteiger partial charge is 0.277 e. The summed E-state index contributed by atoms with van der Waals surface area (Å²) in [5.41, 5.74) is 3.37.